The van der Waals surface area contributed by atoms with Crippen LogP contribution in [-0.4, -0.2) is 69.4 Å². The number of anilines is 1. The lowest BCUT2D eigenvalue weighted by Crippen LogP contribution is -2.75. The maximum absolute atomic E-state index is 13.4. The molecule has 3 aromatic heterocycles. The second-order valence-corrected chi connectivity index (χ2v) is 9.06. The molecule has 0 aliphatic carbocycles. The zero-order chi connectivity index (χ0) is 31.6. The standard InChI is InChI=1S/C29H28N8O7/c1-4-37(29(41)43-16-42-28(40)20-6-5-10-31-13-20)27(39)21-14-32-24(18(21)3)25(33-15-30)34-22-12-19(8-7-17(22)2)26(38)35-23-9-11-44-36-23/h5-15,32H,4,16H2,1-3H3,(H2,30,33,34)(H,35,36,38)/p+1. The van der Waals surface area contributed by atoms with Gasteiger partial charge in [-0.05, 0) is 56.2 Å². The Labute approximate surface area is 250 Å². The molecule has 44 heavy (non-hydrogen) atoms. The van der Waals surface area contributed by atoms with Gasteiger partial charge in [-0.1, -0.05) is 11.2 Å². The summed E-state index contributed by atoms with van der Waals surface area (Å²) in [6.45, 7) is 4.35. The van der Waals surface area contributed by atoms with E-state index in [0.29, 0.717) is 22.5 Å². The van der Waals surface area contributed by atoms with Crippen LogP contribution in [0.15, 0.2) is 70.8 Å². The molecule has 3 heterocycles. The maximum atomic E-state index is 13.4. The number of carbonyl (C=O) groups excluding carboxylic acids is 4. The van der Waals surface area contributed by atoms with E-state index in [4.69, 9.17) is 19.7 Å². The van der Waals surface area contributed by atoms with Crippen LogP contribution < -0.4 is 16.0 Å². The monoisotopic (exact) mass is 601 g/mol. The molecule has 3 amide bonds. The van der Waals surface area contributed by atoms with Gasteiger partial charge in [0.25, 0.3) is 17.6 Å². The van der Waals surface area contributed by atoms with Gasteiger partial charge in [0.2, 0.25) is 6.79 Å². The van der Waals surface area contributed by atoms with Gasteiger partial charge >= 0.3 is 12.1 Å². The number of amides is 3. The van der Waals surface area contributed by atoms with Gasteiger partial charge in [-0.2, -0.15) is 0 Å². The van der Waals surface area contributed by atoms with E-state index in [9.17, 15) is 19.2 Å². The van der Waals surface area contributed by atoms with Gasteiger partial charge in [0, 0.05) is 36.8 Å². The molecule has 0 unspecified atom stereocenters. The van der Waals surface area contributed by atoms with Crippen molar-refractivity contribution in [3.63, 3.8) is 0 Å². The molecule has 0 bridgehead atoms. The van der Waals surface area contributed by atoms with E-state index in [1.165, 1.54) is 43.3 Å². The second-order valence-electron chi connectivity index (χ2n) is 9.06. The van der Waals surface area contributed by atoms with Crippen LogP contribution in [0.5, 0.6) is 0 Å². The summed E-state index contributed by atoms with van der Waals surface area (Å²) in [6, 6.07) is 9.52. The Bertz CT molecular complexity index is 1710. The number of H-pyrrole nitrogens is 1. The van der Waals surface area contributed by atoms with Crippen molar-refractivity contribution in [2.45, 2.75) is 20.8 Å². The summed E-state index contributed by atoms with van der Waals surface area (Å²) in [7, 11) is 0. The first-order valence-electron chi connectivity index (χ1n) is 13.2. The van der Waals surface area contributed by atoms with Gasteiger partial charge in [-0.25, -0.2) is 19.5 Å². The highest BCUT2D eigenvalue weighted by Crippen LogP contribution is 2.23. The second kappa shape index (κ2) is 14.2. The maximum Gasteiger partial charge on any atom is 0.419 e. The van der Waals surface area contributed by atoms with Crippen molar-refractivity contribution in [2.75, 3.05) is 18.7 Å². The van der Waals surface area contributed by atoms with E-state index in [2.05, 4.69) is 30.4 Å². The Hall–Kier alpha value is -6.12. The van der Waals surface area contributed by atoms with E-state index >= 15 is 0 Å². The number of carbonyl (C=O) groups is 4. The van der Waals surface area contributed by atoms with Crippen LogP contribution in [0.2, 0.25) is 0 Å². The number of hydrogen-bond acceptors (Lipinski definition) is 10. The summed E-state index contributed by atoms with van der Waals surface area (Å²) in [6.07, 6.45) is 5.73. The van der Waals surface area contributed by atoms with Crippen LogP contribution >= 0.6 is 0 Å². The third-order valence-corrected chi connectivity index (χ3v) is 6.26. The molecular weight excluding hydrogens is 572 g/mol. The van der Waals surface area contributed by atoms with Crippen LogP contribution in [0.3, 0.4) is 0 Å². The topological polar surface area (TPSA) is 209 Å². The Morgan fingerprint density at radius 3 is 2.66 bits per heavy atom. The van der Waals surface area contributed by atoms with Crippen molar-refractivity contribution >= 4 is 47.6 Å². The molecule has 0 spiro atoms. The Morgan fingerprint density at radius 1 is 1.16 bits per heavy atom. The first kappa shape index (κ1) is 30.8. The number of nitrogens with two attached hydrogens (primary N) is 1. The summed E-state index contributed by atoms with van der Waals surface area (Å²) >= 11 is 0. The van der Waals surface area contributed by atoms with Crippen molar-refractivity contribution in [1.29, 1.82) is 0 Å². The minimum atomic E-state index is -1.00. The summed E-state index contributed by atoms with van der Waals surface area (Å²) < 4.78 is 14.7. The lowest BCUT2D eigenvalue weighted by Gasteiger charge is -2.18. The third kappa shape index (κ3) is 7.20. The van der Waals surface area contributed by atoms with Crippen LogP contribution in [0.4, 0.5) is 16.3 Å². The molecule has 0 atom stereocenters. The van der Waals surface area contributed by atoms with E-state index in [0.717, 1.165) is 10.5 Å². The minimum absolute atomic E-state index is 0.0215. The highest BCUT2D eigenvalue weighted by Gasteiger charge is 2.28. The van der Waals surface area contributed by atoms with E-state index in [1.54, 1.807) is 38.1 Å². The number of esters is 1. The quantitative estimate of drug-likeness (QED) is 0.0946. The van der Waals surface area contributed by atoms with Crippen LogP contribution in [0.1, 0.15) is 54.8 Å². The molecule has 4 aromatic rings. The van der Waals surface area contributed by atoms with E-state index < -0.39 is 30.7 Å². The first-order chi connectivity index (χ1) is 21.2. The van der Waals surface area contributed by atoms with Crippen LogP contribution in [0.25, 0.3) is 0 Å². The van der Waals surface area contributed by atoms with Crippen molar-refractivity contribution in [3.8, 4) is 0 Å². The number of imide groups is 1. The molecule has 0 saturated carbocycles. The number of aliphatic imine (C=N–C) groups is 1. The minimum Gasteiger partial charge on any atom is -0.424 e. The molecule has 0 aliphatic heterocycles. The van der Waals surface area contributed by atoms with Crippen molar-refractivity contribution in [3.05, 3.63) is 94.8 Å². The molecule has 0 radical (unpaired) electrons. The molecule has 4 rings (SSSR count). The van der Waals surface area contributed by atoms with Gasteiger partial charge in [-0.15, -0.1) is 4.99 Å². The van der Waals surface area contributed by atoms with E-state index in [1.807, 2.05) is 6.92 Å². The number of ether oxygens (including phenoxy) is 2. The number of nitrogens with zero attached hydrogens (tertiary/aromatic N) is 4. The van der Waals surface area contributed by atoms with Crippen LogP contribution in [0, 0.1) is 13.8 Å². The fourth-order valence-electron chi connectivity index (χ4n) is 3.94. The zero-order valence-electron chi connectivity index (χ0n) is 24.0. The average Bonchev–Trinajstić information content (AvgIpc) is 3.68. The van der Waals surface area contributed by atoms with Crippen molar-refractivity contribution < 1.29 is 38.2 Å². The van der Waals surface area contributed by atoms with E-state index in [-0.39, 0.29) is 29.3 Å². The largest absolute Gasteiger partial charge is 0.424 e. The molecular formula is C29H29N8O7+. The van der Waals surface area contributed by atoms with Crippen molar-refractivity contribution in [1.82, 2.24) is 20.0 Å². The number of pyridine rings is 1. The smallest absolute Gasteiger partial charge is 0.419 e. The number of aromatic amines is 1. The van der Waals surface area contributed by atoms with Crippen molar-refractivity contribution in [2.24, 2.45) is 10.7 Å². The highest BCUT2D eigenvalue weighted by molar-refractivity contribution is 6.07. The summed E-state index contributed by atoms with van der Waals surface area (Å²) in [5.41, 5.74) is 8.37. The fraction of sp³-hybridized carbons (Fsp3) is 0.172. The predicted octanol–water partition coefficient (Wildman–Crippen LogP) is 1.83. The molecule has 0 saturated heterocycles. The molecule has 0 fully saturated rings. The molecule has 5 N–H and O–H groups in total. The number of rotatable bonds is 9. The third-order valence-electron chi connectivity index (χ3n) is 6.26. The molecule has 0 aliphatic rings. The van der Waals surface area contributed by atoms with Gasteiger partial charge < -0.3 is 30.0 Å². The normalized spacial score (nSPS) is 11.3. The number of nitrogens with one attached hydrogen (secondary N) is 3. The van der Waals surface area contributed by atoms with Crippen LogP contribution in [-0.2, 0) is 9.47 Å². The molecule has 226 valence electrons. The van der Waals surface area contributed by atoms with Gasteiger partial charge in [0.05, 0.1) is 11.1 Å². The molecule has 1 aromatic carbocycles. The highest BCUT2D eigenvalue weighted by atomic mass is 16.7. The number of hydrogen-bond donors (Lipinski definition) is 4. The first-order valence-corrected chi connectivity index (χ1v) is 13.2. The number of amidine groups is 1. The summed E-state index contributed by atoms with van der Waals surface area (Å²) in [4.78, 5) is 66.0. The summed E-state index contributed by atoms with van der Waals surface area (Å²) in [5.74, 6) is -1.31. The Kier molecular flexibility index (Phi) is 9.93. The number of aromatic nitrogens is 3. The molecule has 15 nitrogen and oxygen atoms in total. The fourth-order valence-corrected chi connectivity index (χ4v) is 3.94. The van der Waals surface area contributed by atoms with Gasteiger partial charge in [0.1, 0.15) is 17.6 Å². The predicted molar refractivity (Wildman–Crippen MR) is 156 cm³/mol. The SMILES string of the molecule is CCN(C(=O)OCOC(=O)c1cccnc1)C(=O)c1c[nH]c(C(=Nc2cc(C(=O)Nc3ccon3)ccc2C)[NH+]=CN)c1C. The lowest BCUT2D eigenvalue weighted by molar-refractivity contribution is -0.309. The Morgan fingerprint density at radius 2 is 1.98 bits per heavy atom. The molecule has 15 heteroatoms. The van der Waals surface area contributed by atoms with Gasteiger partial charge in [-0.3, -0.25) is 14.6 Å². The summed E-state index contributed by atoms with van der Waals surface area (Å²) in [5, 5.41) is 6.30. The average molecular weight is 602 g/mol. The number of benzene rings is 1. The Balaban J connectivity index is 1.51. The van der Waals surface area contributed by atoms with Gasteiger partial charge in [0.15, 0.2) is 12.2 Å². The lowest BCUT2D eigenvalue weighted by atomic mass is 10.1. The zero-order valence-corrected chi connectivity index (χ0v) is 24.0. The number of aryl methyl sites for hydroxylation is 1.